The molecule has 0 aliphatic carbocycles. The first-order valence-electron chi connectivity index (χ1n) is 10.8. The number of rotatable bonds is 7. The molecule has 0 fully saturated rings. The van der Waals surface area contributed by atoms with Gasteiger partial charge in [0.15, 0.2) is 5.69 Å². The molecule has 0 saturated heterocycles. The third kappa shape index (κ3) is 5.49. The number of aromatic nitrogens is 2. The van der Waals surface area contributed by atoms with Gasteiger partial charge >= 0.3 is 6.18 Å². The van der Waals surface area contributed by atoms with Crippen molar-refractivity contribution < 1.29 is 26.7 Å². The molecule has 7 nitrogen and oxygen atoms in total. The van der Waals surface area contributed by atoms with Gasteiger partial charge in [0.1, 0.15) is 6.10 Å². The van der Waals surface area contributed by atoms with Crippen LogP contribution in [-0.2, 0) is 29.2 Å². The van der Waals surface area contributed by atoms with Gasteiger partial charge in [-0.15, -0.1) is 0 Å². The number of nitrogens with two attached hydrogens (primary N) is 2. The summed E-state index contributed by atoms with van der Waals surface area (Å²) in [6.45, 7) is 0.195. The van der Waals surface area contributed by atoms with Crippen molar-refractivity contribution in [2.45, 2.75) is 30.1 Å². The van der Waals surface area contributed by atoms with Crippen molar-refractivity contribution >= 4 is 10.0 Å². The van der Waals surface area contributed by atoms with E-state index in [0.717, 1.165) is 10.7 Å². The Morgan fingerprint density at radius 3 is 2.28 bits per heavy atom. The molecule has 0 spiro atoms. The summed E-state index contributed by atoms with van der Waals surface area (Å²) in [5.41, 5.74) is 7.18. The summed E-state index contributed by atoms with van der Waals surface area (Å²) in [6.07, 6.45) is -6.00. The van der Waals surface area contributed by atoms with Crippen LogP contribution in [0.3, 0.4) is 0 Å². The van der Waals surface area contributed by atoms with E-state index in [1.165, 1.54) is 6.07 Å². The van der Waals surface area contributed by atoms with Gasteiger partial charge in [-0.05, 0) is 41.0 Å². The summed E-state index contributed by atoms with van der Waals surface area (Å²) in [5, 5.41) is 19.9. The van der Waals surface area contributed by atoms with Gasteiger partial charge in [-0.25, -0.2) is 18.2 Å². The van der Waals surface area contributed by atoms with Crippen molar-refractivity contribution in [3.63, 3.8) is 0 Å². The van der Waals surface area contributed by atoms with Crippen molar-refractivity contribution in [3.8, 4) is 16.8 Å². The maximum absolute atomic E-state index is 13.4. The minimum absolute atomic E-state index is 0.00329. The fourth-order valence-electron chi connectivity index (χ4n) is 3.89. The first-order chi connectivity index (χ1) is 17.0. The van der Waals surface area contributed by atoms with E-state index < -0.39 is 28.0 Å². The number of sulfonamides is 1. The molecule has 3 aromatic carbocycles. The first-order valence-corrected chi connectivity index (χ1v) is 12.4. The standard InChI is InChI=1S/C25H23F3N4O3S/c26-25(27,28)24-14-21(32(31-24)19-5-3-4-17(12-19)15-29)22(33)13-16-8-10-18(11-9-16)20-6-1-2-7-23(20)36(30,34)35/h1-12,14,22,33H,13,15,29H2,(H2,30,34,35). The third-order valence-corrected chi connectivity index (χ3v) is 6.62. The Hall–Kier alpha value is -3.51. The summed E-state index contributed by atoms with van der Waals surface area (Å²) in [5.74, 6) is 0. The number of benzene rings is 3. The maximum atomic E-state index is 13.4. The van der Waals surface area contributed by atoms with Crippen LogP contribution in [0.2, 0.25) is 0 Å². The maximum Gasteiger partial charge on any atom is 0.435 e. The molecule has 0 saturated carbocycles. The van der Waals surface area contributed by atoms with Crippen molar-refractivity contribution in [1.29, 1.82) is 0 Å². The van der Waals surface area contributed by atoms with E-state index in [1.807, 2.05) is 0 Å². The van der Waals surface area contributed by atoms with E-state index >= 15 is 0 Å². The Bertz CT molecular complexity index is 1480. The topological polar surface area (TPSA) is 124 Å². The number of nitrogens with zero attached hydrogens (tertiary/aromatic N) is 2. The zero-order valence-corrected chi connectivity index (χ0v) is 19.7. The second-order valence-corrected chi connectivity index (χ2v) is 9.73. The average molecular weight is 517 g/mol. The van der Waals surface area contributed by atoms with Crippen LogP contribution in [-0.4, -0.2) is 23.3 Å². The van der Waals surface area contributed by atoms with Gasteiger partial charge in [0, 0.05) is 18.5 Å². The van der Waals surface area contributed by atoms with Crippen LogP contribution in [0.1, 0.15) is 28.6 Å². The van der Waals surface area contributed by atoms with Crippen LogP contribution in [0.5, 0.6) is 0 Å². The van der Waals surface area contributed by atoms with Crippen LogP contribution in [0, 0.1) is 0 Å². The zero-order valence-electron chi connectivity index (χ0n) is 18.9. The SMILES string of the molecule is NCc1cccc(-n2nc(C(F)(F)F)cc2C(O)Cc2ccc(-c3ccccc3S(N)(=O)=O)cc2)c1. The van der Waals surface area contributed by atoms with Gasteiger partial charge < -0.3 is 10.8 Å². The van der Waals surface area contributed by atoms with E-state index in [9.17, 15) is 26.7 Å². The largest absolute Gasteiger partial charge is 0.435 e. The predicted octanol–water partition coefficient (Wildman–Crippen LogP) is 3.94. The average Bonchev–Trinajstić information content (AvgIpc) is 3.31. The van der Waals surface area contributed by atoms with E-state index in [2.05, 4.69) is 5.10 Å². The molecule has 1 aromatic heterocycles. The van der Waals surface area contributed by atoms with Crippen molar-refractivity contribution in [2.24, 2.45) is 10.9 Å². The highest BCUT2D eigenvalue weighted by molar-refractivity contribution is 7.89. The predicted molar refractivity (Wildman–Crippen MR) is 128 cm³/mol. The normalized spacial score (nSPS) is 13.1. The monoisotopic (exact) mass is 516 g/mol. The molecule has 4 rings (SSSR count). The van der Waals surface area contributed by atoms with Crippen molar-refractivity contribution in [2.75, 3.05) is 0 Å². The molecular weight excluding hydrogens is 493 g/mol. The van der Waals surface area contributed by atoms with Crippen molar-refractivity contribution in [3.05, 3.63) is 101 Å². The third-order valence-electron chi connectivity index (χ3n) is 5.65. The van der Waals surface area contributed by atoms with Crippen LogP contribution < -0.4 is 10.9 Å². The summed E-state index contributed by atoms with van der Waals surface area (Å²) >= 11 is 0. The molecule has 1 unspecified atom stereocenters. The summed E-state index contributed by atoms with van der Waals surface area (Å²) < 4.78 is 65.2. The molecule has 188 valence electrons. The molecule has 5 N–H and O–H groups in total. The van der Waals surface area contributed by atoms with Gasteiger partial charge in [-0.3, -0.25) is 0 Å². The second kappa shape index (κ2) is 9.86. The Morgan fingerprint density at radius 2 is 1.64 bits per heavy atom. The molecule has 11 heteroatoms. The Labute approximate surface area is 205 Å². The molecule has 0 radical (unpaired) electrons. The van der Waals surface area contributed by atoms with E-state index in [0.29, 0.717) is 27.9 Å². The number of alkyl halides is 3. The molecule has 0 aliphatic rings. The van der Waals surface area contributed by atoms with E-state index in [4.69, 9.17) is 10.9 Å². The number of halogens is 3. The molecule has 4 aromatic rings. The lowest BCUT2D eigenvalue weighted by atomic mass is 10.0. The van der Waals surface area contributed by atoms with Gasteiger partial charge in [0.2, 0.25) is 10.0 Å². The molecule has 36 heavy (non-hydrogen) atoms. The number of hydrogen-bond donors (Lipinski definition) is 3. The zero-order chi connectivity index (χ0) is 26.1. The lowest BCUT2D eigenvalue weighted by molar-refractivity contribution is -0.141. The number of aliphatic hydroxyl groups excluding tert-OH is 1. The highest BCUT2D eigenvalue weighted by Gasteiger charge is 2.36. The first kappa shape index (κ1) is 25.6. The van der Waals surface area contributed by atoms with Crippen LogP contribution in [0.4, 0.5) is 13.2 Å². The highest BCUT2D eigenvalue weighted by atomic mass is 32.2. The number of primary sulfonamides is 1. The smallest absolute Gasteiger partial charge is 0.386 e. The summed E-state index contributed by atoms with van der Waals surface area (Å²) in [4.78, 5) is -0.0268. The molecular formula is C25H23F3N4O3S. The summed E-state index contributed by atoms with van der Waals surface area (Å²) in [7, 11) is -3.94. The minimum Gasteiger partial charge on any atom is -0.386 e. The Kier molecular flexibility index (Phi) is 7.01. The fraction of sp³-hybridized carbons (Fsp3) is 0.160. The highest BCUT2D eigenvalue weighted by Crippen LogP contribution is 2.33. The second-order valence-electron chi connectivity index (χ2n) is 8.20. The molecule has 0 aliphatic heterocycles. The molecule has 0 bridgehead atoms. The fourth-order valence-corrected chi connectivity index (χ4v) is 4.66. The van der Waals surface area contributed by atoms with Crippen LogP contribution in [0.15, 0.2) is 83.8 Å². The van der Waals surface area contributed by atoms with Crippen molar-refractivity contribution in [1.82, 2.24) is 9.78 Å². The quantitative estimate of drug-likeness (QED) is 0.343. The summed E-state index contributed by atoms with van der Waals surface area (Å²) in [6, 6.07) is 20.3. The van der Waals surface area contributed by atoms with Crippen LogP contribution in [0.25, 0.3) is 16.8 Å². The molecule has 1 atom stereocenters. The number of hydrogen-bond acceptors (Lipinski definition) is 5. The van der Waals surface area contributed by atoms with Gasteiger partial charge in [0.05, 0.1) is 16.3 Å². The van der Waals surface area contributed by atoms with E-state index in [1.54, 1.807) is 66.7 Å². The van der Waals surface area contributed by atoms with E-state index in [-0.39, 0.29) is 23.6 Å². The molecule has 1 heterocycles. The molecule has 0 amide bonds. The lowest BCUT2D eigenvalue weighted by Gasteiger charge is -2.15. The van der Waals surface area contributed by atoms with Gasteiger partial charge in [-0.1, -0.05) is 54.6 Å². The minimum atomic E-state index is -4.69. The van der Waals surface area contributed by atoms with Crippen LogP contribution >= 0.6 is 0 Å². The Morgan fingerprint density at radius 1 is 0.944 bits per heavy atom. The Balaban J connectivity index is 1.65. The van der Waals surface area contributed by atoms with Gasteiger partial charge in [0.25, 0.3) is 0 Å². The van der Waals surface area contributed by atoms with Gasteiger partial charge in [-0.2, -0.15) is 18.3 Å². The number of aliphatic hydroxyl groups is 1. The lowest BCUT2D eigenvalue weighted by Crippen LogP contribution is -2.13.